The van der Waals surface area contributed by atoms with E-state index in [4.69, 9.17) is 4.74 Å². The number of nitrogens with zero attached hydrogens (tertiary/aromatic N) is 5. The molecule has 0 saturated carbocycles. The highest BCUT2D eigenvalue weighted by Gasteiger charge is 2.31. The van der Waals surface area contributed by atoms with Crippen molar-refractivity contribution in [3.8, 4) is 28.0 Å². The molecule has 16 heteroatoms. The molecule has 0 unspecified atom stereocenters. The molecule has 0 amide bonds. The predicted molar refractivity (Wildman–Crippen MR) is 138 cm³/mol. The summed E-state index contributed by atoms with van der Waals surface area (Å²) in [5.41, 5.74) is 1.34. The normalized spacial score (nSPS) is 12.2. The van der Waals surface area contributed by atoms with Crippen LogP contribution < -0.4 is 9.53 Å². The summed E-state index contributed by atoms with van der Waals surface area (Å²) in [6.45, 7) is 1.11. The second-order valence-electron chi connectivity index (χ2n) is 8.33. The number of ether oxygens (including phenoxy) is 1. The lowest BCUT2D eigenvalue weighted by Crippen LogP contribution is -2.44. The van der Waals surface area contributed by atoms with Crippen molar-refractivity contribution in [1.29, 1.82) is 0 Å². The third kappa shape index (κ3) is 5.12. The number of hydrogen-bond donors (Lipinski definition) is 3. The van der Waals surface area contributed by atoms with E-state index in [0.717, 1.165) is 21.6 Å². The third-order valence-electron chi connectivity index (χ3n) is 5.71. The molecular weight excluding hydrogens is 570 g/mol. The predicted octanol–water partition coefficient (Wildman–Crippen LogP) is 2.12. The molecule has 2 aromatic heterocycles. The number of methoxy groups -OCH3 is 1. The summed E-state index contributed by atoms with van der Waals surface area (Å²) in [6, 6.07) is 13.0. The average Bonchev–Trinajstić information content (AvgIpc) is 3.51. The molecule has 0 aliphatic carbocycles. The lowest BCUT2D eigenvalue weighted by atomic mass is 10.1. The fourth-order valence-electron chi connectivity index (χ4n) is 3.83. The van der Waals surface area contributed by atoms with Gasteiger partial charge in [-0.2, -0.15) is 16.8 Å². The molecular formula is C23H20N5O8S3+. The monoisotopic (exact) mass is 590 g/mol. The number of hydrogen-bond acceptors (Lipinski definition) is 10. The first-order valence-corrected chi connectivity index (χ1v) is 14.7. The molecule has 0 spiro atoms. The number of benzene rings is 3. The van der Waals surface area contributed by atoms with Crippen LogP contribution in [0.3, 0.4) is 0 Å². The Labute approximate surface area is 226 Å². The van der Waals surface area contributed by atoms with E-state index >= 15 is 0 Å². The van der Waals surface area contributed by atoms with Crippen molar-refractivity contribution in [1.82, 2.24) is 20.0 Å². The standard InChI is InChI=1S/C23H19N5O8S3/c1-13-3-7-17(21(9-13)39(33,34)35)22-25-27(19-11-16(38(30,31)32)6-4-14(19)12-29)28(26-22)23-24-18-8-5-15(36-2)10-20(18)37-23/h3-11,29H,12H2,1-2H3,(H-,30,31,32,33,34,35)/p+1. The summed E-state index contributed by atoms with van der Waals surface area (Å²) < 4.78 is 73.6. The van der Waals surface area contributed by atoms with Crippen LogP contribution in [0.1, 0.15) is 11.1 Å². The molecule has 39 heavy (non-hydrogen) atoms. The van der Waals surface area contributed by atoms with E-state index in [1.165, 1.54) is 41.4 Å². The van der Waals surface area contributed by atoms with Gasteiger partial charge in [0.05, 0.1) is 39.5 Å². The van der Waals surface area contributed by atoms with Gasteiger partial charge in [0.25, 0.3) is 25.4 Å². The van der Waals surface area contributed by atoms with Gasteiger partial charge < -0.3 is 9.84 Å². The van der Waals surface area contributed by atoms with Gasteiger partial charge in [-0.25, -0.2) is 4.98 Å². The lowest BCUT2D eigenvalue weighted by Gasteiger charge is -2.05. The van der Waals surface area contributed by atoms with Crippen LogP contribution in [-0.2, 0) is 26.8 Å². The molecule has 0 aliphatic heterocycles. The van der Waals surface area contributed by atoms with Gasteiger partial charge in [0.1, 0.15) is 10.6 Å². The smallest absolute Gasteiger partial charge is 0.341 e. The van der Waals surface area contributed by atoms with Gasteiger partial charge >= 0.3 is 5.82 Å². The number of fused-ring (bicyclic) bond motifs is 1. The quantitative estimate of drug-likeness (QED) is 0.186. The first-order chi connectivity index (χ1) is 18.4. The molecule has 2 heterocycles. The molecule has 5 aromatic rings. The fraction of sp³-hybridized carbons (Fsp3) is 0.130. The van der Waals surface area contributed by atoms with Gasteiger partial charge in [-0.05, 0) is 58.8 Å². The van der Waals surface area contributed by atoms with Crippen molar-refractivity contribution in [2.24, 2.45) is 0 Å². The zero-order valence-corrected chi connectivity index (χ0v) is 22.7. The number of aryl methyl sites for hydroxylation is 1. The maximum absolute atomic E-state index is 12.2. The minimum atomic E-state index is -4.68. The van der Waals surface area contributed by atoms with E-state index < -0.39 is 36.6 Å². The van der Waals surface area contributed by atoms with Gasteiger partial charge in [0.15, 0.2) is 5.69 Å². The Morgan fingerprint density at radius 1 is 1.00 bits per heavy atom. The molecule has 0 aliphatic rings. The van der Waals surface area contributed by atoms with Crippen LogP contribution in [0.5, 0.6) is 5.75 Å². The average molecular weight is 591 g/mol. The molecule has 13 nitrogen and oxygen atoms in total. The number of rotatable bonds is 7. The summed E-state index contributed by atoms with van der Waals surface area (Å²) in [5, 5.41) is 19.1. The Kier molecular flexibility index (Phi) is 6.69. The van der Waals surface area contributed by atoms with Gasteiger partial charge in [-0.1, -0.05) is 23.5 Å². The fourth-order valence-corrected chi connectivity index (χ4v) is 6.04. The van der Waals surface area contributed by atoms with E-state index in [1.807, 2.05) is 0 Å². The molecule has 5 rings (SSSR count). The van der Waals surface area contributed by atoms with E-state index in [-0.39, 0.29) is 27.8 Å². The molecule has 3 aromatic carbocycles. The summed E-state index contributed by atoms with van der Waals surface area (Å²) in [5.74, 6) is 0.436. The highest BCUT2D eigenvalue weighted by molar-refractivity contribution is 7.86. The molecule has 0 atom stereocenters. The van der Waals surface area contributed by atoms with Crippen LogP contribution in [0.25, 0.3) is 32.4 Å². The van der Waals surface area contributed by atoms with Gasteiger partial charge in [-0.3, -0.25) is 9.11 Å². The van der Waals surface area contributed by atoms with Crippen LogP contribution in [-0.4, -0.2) is 58.1 Å². The van der Waals surface area contributed by atoms with Gasteiger partial charge in [0, 0.05) is 16.4 Å². The van der Waals surface area contributed by atoms with Crippen molar-refractivity contribution in [2.45, 2.75) is 23.3 Å². The van der Waals surface area contributed by atoms with Crippen molar-refractivity contribution >= 4 is 41.8 Å². The van der Waals surface area contributed by atoms with Crippen LogP contribution in [0.2, 0.25) is 0 Å². The van der Waals surface area contributed by atoms with Crippen molar-refractivity contribution < 1.29 is 40.6 Å². The SMILES string of the molecule is COc1ccc2nc(-n3nc(-c4ccc(C)cc4S(=O)(=O)O)n[n+]3-c3cc(S(=O)(=O)O)ccc3CO)sc2c1. The van der Waals surface area contributed by atoms with Gasteiger partial charge in [-0.15, -0.1) is 0 Å². The van der Waals surface area contributed by atoms with Crippen LogP contribution in [0, 0.1) is 6.92 Å². The molecule has 3 N–H and O–H groups in total. The summed E-state index contributed by atoms with van der Waals surface area (Å²) >= 11 is 1.18. The maximum Gasteiger partial charge on any atom is 0.341 e. The molecule has 0 saturated heterocycles. The third-order valence-corrected chi connectivity index (χ3v) is 8.44. The number of aromatic nitrogens is 5. The maximum atomic E-state index is 12.2. The first kappa shape index (κ1) is 26.8. The highest BCUT2D eigenvalue weighted by Crippen LogP contribution is 2.30. The summed E-state index contributed by atoms with van der Waals surface area (Å²) in [4.78, 5) is 5.98. The second kappa shape index (κ2) is 9.74. The molecule has 0 radical (unpaired) electrons. The largest absolute Gasteiger partial charge is 0.497 e. The minimum Gasteiger partial charge on any atom is -0.497 e. The van der Waals surface area contributed by atoms with Gasteiger partial charge in [0.2, 0.25) is 0 Å². The number of aliphatic hydroxyl groups excluding tert-OH is 1. The number of thiazole rings is 1. The first-order valence-electron chi connectivity index (χ1n) is 11.0. The summed E-state index contributed by atoms with van der Waals surface area (Å²) in [6.07, 6.45) is 0. The number of tetrazole rings is 1. The Morgan fingerprint density at radius 3 is 2.44 bits per heavy atom. The van der Waals surface area contributed by atoms with Crippen molar-refractivity contribution in [3.63, 3.8) is 0 Å². The van der Waals surface area contributed by atoms with Crippen molar-refractivity contribution in [2.75, 3.05) is 7.11 Å². The van der Waals surface area contributed by atoms with E-state index in [0.29, 0.717) is 16.8 Å². The highest BCUT2D eigenvalue weighted by atomic mass is 32.2. The van der Waals surface area contributed by atoms with E-state index in [1.54, 1.807) is 31.2 Å². The van der Waals surface area contributed by atoms with E-state index in [9.17, 15) is 31.0 Å². The Balaban J connectivity index is 1.83. The second-order valence-corrected chi connectivity index (χ2v) is 12.2. The Bertz CT molecular complexity index is 1970. The molecule has 0 bridgehead atoms. The van der Waals surface area contributed by atoms with E-state index in [2.05, 4.69) is 15.2 Å². The zero-order valence-electron chi connectivity index (χ0n) is 20.2. The van der Waals surface area contributed by atoms with Crippen molar-refractivity contribution in [3.05, 3.63) is 65.7 Å². The van der Waals surface area contributed by atoms with Crippen LogP contribution >= 0.6 is 11.3 Å². The lowest BCUT2D eigenvalue weighted by molar-refractivity contribution is -0.735. The van der Waals surface area contributed by atoms with Crippen LogP contribution in [0.4, 0.5) is 0 Å². The Morgan fingerprint density at radius 2 is 1.77 bits per heavy atom. The zero-order chi connectivity index (χ0) is 28.1. The Hall–Kier alpha value is -3.80. The minimum absolute atomic E-state index is 0.0173. The molecule has 202 valence electrons. The molecule has 0 fully saturated rings. The topological polar surface area (TPSA) is 186 Å². The van der Waals surface area contributed by atoms with Crippen LogP contribution in [0.15, 0.2) is 64.4 Å². The summed E-state index contributed by atoms with van der Waals surface area (Å²) in [7, 11) is -7.79. The number of aliphatic hydroxyl groups is 1.